The van der Waals surface area contributed by atoms with Crippen LogP contribution in [0.25, 0.3) is 0 Å². The molecule has 1 rings (SSSR count). The lowest BCUT2D eigenvalue weighted by Crippen LogP contribution is -2.38. The van der Waals surface area contributed by atoms with Crippen LogP contribution in [0.2, 0.25) is 0 Å². The number of nitrogen functional groups attached to an aromatic ring is 1. The standard InChI is InChI=1S/C11H19N5OS/c1-4-5-13-10(17)7(2)14-9-6-8(12)15-11(16-9)18-3/h6-7H,4-5H2,1-3H3,(H,13,17)(H3,12,14,15,16). The summed E-state index contributed by atoms with van der Waals surface area (Å²) in [5, 5.41) is 6.41. The minimum Gasteiger partial charge on any atom is -0.383 e. The highest BCUT2D eigenvalue weighted by molar-refractivity contribution is 7.98. The predicted octanol–water partition coefficient (Wildman–Crippen LogP) is 1.11. The summed E-state index contributed by atoms with van der Waals surface area (Å²) in [5.74, 6) is 0.892. The van der Waals surface area contributed by atoms with Crippen LogP contribution in [0, 0.1) is 0 Å². The van der Waals surface area contributed by atoms with Gasteiger partial charge in [-0.3, -0.25) is 4.79 Å². The highest BCUT2D eigenvalue weighted by Gasteiger charge is 2.13. The molecule has 100 valence electrons. The number of carbonyl (C=O) groups excluding carboxylic acids is 1. The van der Waals surface area contributed by atoms with Crippen molar-refractivity contribution in [1.82, 2.24) is 15.3 Å². The lowest BCUT2D eigenvalue weighted by Gasteiger charge is -2.14. The van der Waals surface area contributed by atoms with E-state index in [2.05, 4.69) is 20.6 Å². The Hall–Kier alpha value is -1.50. The van der Waals surface area contributed by atoms with Gasteiger partial charge in [-0.05, 0) is 19.6 Å². The van der Waals surface area contributed by atoms with Crippen LogP contribution in [0.5, 0.6) is 0 Å². The highest BCUT2D eigenvalue weighted by Crippen LogP contribution is 2.15. The highest BCUT2D eigenvalue weighted by atomic mass is 32.2. The van der Waals surface area contributed by atoms with Gasteiger partial charge in [0.05, 0.1) is 0 Å². The SMILES string of the molecule is CCCNC(=O)C(C)Nc1cc(N)nc(SC)n1. The number of hydrogen-bond acceptors (Lipinski definition) is 6. The van der Waals surface area contributed by atoms with E-state index in [-0.39, 0.29) is 11.9 Å². The zero-order valence-electron chi connectivity index (χ0n) is 10.9. The third kappa shape index (κ3) is 4.40. The number of nitrogens with one attached hydrogen (secondary N) is 2. The van der Waals surface area contributed by atoms with E-state index in [0.29, 0.717) is 23.3 Å². The fourth-order valence-corrected chi connectivity index (χ4v) is 1.68. The summed E-state index contributed by atoms with van der Waals surface area (Å²) in [5.41, 5.74) is 5.66. The summed E-state index contributed by atoms with van der Waals surface area (Å²) in [6.45, 7) is 4.46. The van der Waals surface area contributed by atoms with Crippen molar-refractivity contribution < 1.29 is 4.79 Å². The molecule has 0 fully saturated rings. The Bertz CT molecular complexity index is 412. The Labute approximate surface area is 111 Å². The van der Waals surface area contributed by atoms with Gasteiger partial charge in [-0.25, -0.2) is 9.97 Å². The first kappa shape index (κ1) is 14.6. The van der Waals surface area contributed by atoms with Crippen molar-refractivity contribution in [3.05, 3.63) is 6.07 Å². The fraction of sp³-hybridized carbons (Fsp3) is 0.545. The molecule has 0 aliphatic carbocycles. The Morgan fingerprint density at radius 2 is 2.28 bits per heavy atom. The Morgan fingerprint density at radius 3 is 2.89 bits per heavy atom. The third-order valence-corrected chi connectivity index (χ3v) is 2.76. The van der Waals surface area contributed by atoms with Gasteiger partial charge < -0.3 is 16.4 Å². The van der Waals surface area contributed by atoms with Crippen molar-refractivity contribution in [3.63, 3.8) is 0 Å². The van der Waals surface area contributed by atoms with Crippen molar-refractivity contribution in [2.45, 2.75) is 31.5 Å². The first-order valence-electron chi connectivity index (χ1n) is 5.79. The normalized spacial score (nSPS) is 11.9. The minimum absolute atomic E-state index is 0.0558. The number of aromatic nitrogens is 2. The summed E-state index contributed by atoms with van der Waals surface area (Å²) in [4.78, 5) is 20.0. The summed E-state index contributed by atoms with van der Waals surface area (Å²) in [6.07, 6.45) is 2.78. The predicted molar refractivity (Wildman–Crippen MR) is 74.6 cm³/mol. The van der Waals surface area contributed by atoms with Gasteiger partial charge in [-0.1, -0.05) is 18.7 Å². The molecule has 1 heterocycles. The number of anilines is 2. The molecule has 4 N–H and O–H groups in total. The summed E-state index contributed by atoms with van der Waals surface area (Å²) >= 11 is 1.40. The van der Waals surface area contributed by atoms with Gasteiger partial charge in [-0.15, -0.1) is 0 Å². The molecule has 0 bridgehead atoms. The van der Waals surface area contributed by atoms with Crippen molar-refractivity contribution >= 4 is 29.3 Å². The molecule has 1 aromatic heterocycles. The molecule has 0 aliphatic heterocycles. The second-order valence-corrected chi connectivity index (χ2v) is 4.60. The molecule has 1 amide bonds. The molecule has 1 atom stereocenters. The number of thioether (sulfide) groups is 1. The van der Waals surface area contributed by atoms with Gasteiger partial charge in [-0.2, -0.15) is 0 Å². The van der Waals surface area contributed by atoms with E-state index >= 15 is 0 Å². The van der Waals surface area contributed by atoms with Crippen LogP contribution in [-0.2, 0) is 4.79 Å². The van der Waals surface area contributed by atoms with Crippen LogP contribution >= 0.6 is 11.8 Å². The molecule has 0 saturated carbocycles. The maximum absolute atomic E-state index is 11.7. The summed E-state index contributed by atoms with van der Waals surface area (Å²) in [7, 11) is 0. The summed E-state index contributed by atoms with van der Waals surface area (Å²) in [6, 6.07) is 1.25. The van der Waals surface area contributed by atoms with Crippen molar-refractivity contribution in [2.24, 2.45) is 0 Å². The third-order valence-electron chi connectivity index (χ3n) is 2.21. The van der Waals surface area contributed by atoms with Gasteiger partial charge in [0, 0.05) is 12.6 Å². The van der Waals surface area contributed by atoms with Crippen LogP contribution in [0.3, 0.4) is 0 Å². The summed E-state index contributed by atoms with van der Waals surface area (Å²) < 4.78 is 0. The van der Waals surface area contributed by atoms with E-state index in [1.807, 2.05) is 13.2 Å². The minimum atomic E-state index is -0.361. The molecule has 1 unspecified atom stereocenters. The van der Waals surface area contributed by atoms with Crippen molar-refractivity contribution in [1.29, 1.82) is 0 Å². The Morgan fingerprint density at radius 1 is 1.56 bits per heavy atom. The van der Waals surface area contributed by atoms with E-state index in [4.69, 9.17) is 5.73 Å². The number of nitrogens with zero attached hydrogens (tertiary/aromatic N) is 2. The molecule has 0 aromatic carbocycles. The average molecular weight is 269 g/mol. The lowest BCUT2D eigenvalue weighted by atomic mass is 10.3. The molecule has 1 aromatic rings. The van der Waals surface area contributed by atoms with Gasteiger partial charge in [0.1, 0.15) is 17.7 Å². The smallest absolute Gasteiger partial charge is 0.242 e. The number of nitrogens with two attached hydrogens (primary N) is 1. The zero-order valence-corrected chi connectivity index (χ0v) is 11.7. The van der Waals surface area contributed by atoms with Crippen LogP contribution in [-0.4, -0.2) is 34.7 Å². The van der Waals surface area contributed by atoms with Crippen LogP contribution < -0.4 is 16.4 Å². The quantitative estimate of drug-likeness (QED) is 0.529. The Kier molecular flexibility index (Phi) is 5.70. The fourth-order valence-electron chi connectivity index (χ4n) is 1.30. The van der Waals surface area contributed by atoms with E-state index in [1.165, 1.54) is 11.8 Å². The topological polar surface area (TPSA) is 92.9 Å². The molecular formula is C11H19N5OS. The largest absolute Gasteiger partial charge is 0.383 e. The van der Waals surface area contributed by atoms with E-state index < -0.39 is 0 Å². The van der Waals surface area contributed by atoms with Gasteiger partial charge in [0.2, 0.25) is 5.91 Å². The molecule has 0 spiro atoms. The number of amides is 1. The number of carbonyl (C=O) groups is 1. The van der Waals surface area contributed by atoms with Crippen molar-refractivity contribution in [2.75, 3.05) is 23.9 Å². The molecule has 0 radical (unpaired) electrons. The van der Waals surface area contributed by atoms with E-state index in [0.717, 1.165) is 6.42 Å². The molecule has 0 aliphatic rings. The second kappa shape index (κ2) is 7.05. The molecular weight excluding hydrogens is 250 g/mol. The average Bonchev–Trinajstić information content (AvgIpc) is 2.34. The Balaban J connectivity index is 2.66. The maximum Gasteiger partial charge on any atom is 0.242 e. The zero-order chi connectivity index (χ0) is 13.5. The molecule has 18 heavy (non-hydrogen) atoms. The lowest BCUT2D eigenvalue weighted by molar-refractivity contribution is -0.121. The van der Waals surface area contributed by atoms with Crippen LogP contribution in [0.1, 0.15) is 20.3 Å². The maximum atomic E-state index is 11.7. The van der Waals surface area contributed by atoms with Gasteiger partial charge >= 0.3 is 0 Å². The molecule has 6 nitrogen and oxygen atoms in total. The monoisotopic (exact) mass is 269 g/mol. The first-order valence-corrected chi connectivity index (χ1v) is 7.02. The van der Waals surface area contributed by atoms with Gasteiger partial charge in [0.15, 0.2) is 5.16 Å². The first-order chi connectivity index (χ1) is 8.56. The second-order valence-electron chi connectivity index (χ2n) is 3.82. The molecule has 0 saturated heterocycles. The molecule has 7 heteroatoms. The number of hydrogen-bond donors (Lipinski definition) is 3. The number of rotatable bonds is 6. The van der Waals surface area contributed by atoms with Crippen LogP contribution in [0.4, 0.5) is 11.6 Å². The van der Waals surface area contributed by atoms with Gasteiger partial charge in [0.25, 0.3) is 0 Å². The van der Waals surface area contributed by atoms with Crippen LogP contribution in [0.15, 0.2) is 11.2 Å². The van der Waals surface area contributed by atoms with Crippen molar-refractivity contribution in [3.8, 4) is 0 Å². The van der Waals surface area contributed by atoms with E-state index in [9.17, 15) is 4.79 Å². The van der Waals surface area contributed by atoms with E-state index in [1.54, 1.807) is 13.0 Å².